The molecule has 24 heavy (non-hydrogen) atoms. The van der Waals surface area contributed by atoms with Crippen LogP contribution in [0.5, 0.6) is 0 Å². The Morgan fingerprint density at radius 2 is 1.75 bits per heavy atom. The van der Waals surface area contributed by atoms with E-state index in [2.05, 4.69) is 44.8 Å². The van der Waals surface area contributed by atoms with Crippen molar-refractivity contribution in [1.29, 1.82) is 0 Å². The Morgan fingerprint density at radius 3 is 2.54 bits per heavy atom. The summed E-state index contributed by atoms with van der Waals surface area (Å²) in [6.07, 6.45) is 4.85. The SMILES string of the molecule is O=C1c2cccn2[C@@H]2CN(CC3CC3)C[C@@H]2N1Cc1ccccc1. The molecule has 1 aliphatic carbocycles. The van der Waals surface area contributed by atoms with Crippen LogP contribution in [0.15, 0.2) is 48.7 Å². The number of carbonyl (C=O) groups excluding carboxylic acids is 1. The lowest BCUT2D eigenvalue weighted by atomic mass is 10.0. The average molecular weight is 321 g/mol. The molecule has 1 amide bonds. The molecule has 1 aromatic carbocycles. The quantitative estimate of drug-likeness (QED) is 0.866. The highest BCUT2D eigenvalue weighted by atomic mass is 16.2. The van der Waals surface area contributed by atoms with Gasteiger partial charge in [0.25, 0.3) is 5.91 Å². The van der Waals surface area contributed by atoms with E-state index in [1.807, 2.05) is 18.2 Å². The van der Waals surface area contributed by atoms with E-state index in [1.54, 1.807) is 0 Å². The van der Waals surface area contributed by atoms with Crippen LogP contribution in [0.2, 0.25) is 0 Å². The molecule has 124 valence electrons. The fourth-order valence-corrected chi connectivity index (χ4v) is 4.37. The number of aromatic nitrogens is 1. The van der Waals surface area contributed by atoms with Crippen LogP contribution in [0.1, 0.15) is 34.9 Å². The highest BCUT2D eigenvalue weighted by Crippen LogP contribution is 2.37. The van der Waals surface area contributed by atoms with Gasteiger partial charge in [-0.3, -0.25) is 9.69 Å². The summed E-state index contributed by atoms with van der Waals surface area (Å²) >= 11 is 0. The van der Waals surface area contributed by atoms with Gasteiger partial charge in [-0.05, 0) is 36.5 Å². The summed E-state index contributed by atoms with van der Waals surface area (Å²) in [4.78, 5) is 17.7. The second-order valence-electron chi connectivity index (χ2n) is 7.52. The first-order valence-corrected chi connectivity index (χ1v) is 9.03. The molecule has 0 N–H and O–H groups in total. The molecule has 4 nitrogen and oxygen atoms in total. The summed E-state index contributed by atoms with van der Waals surface area (Å²) in [5, 5.41) is 0. The van der Waals surface area contributed by atoms with Crippen molar-refractivity contribution < 1.29 is 4.79 Å². The maximum absolute atomic E-state index is 13.1. The summed E-state index contributed by atoms with van der Waals surface area (Å²) < 4.78 is 2.22. The maximum Gasteiger partial charge on any atom is 0.271 e. The molecule has 0 spiro atoms. The summed E-state index contributed by atoms with van der Waals surface area (Å²) in [5.41, 5.74) is 2.06. The van der Waals surface area contributed by atoms with E-state index in [0.717, 1.165) is 24.7 Å². The summed E-state index contributed by atoms with van der Waals surface area (Å²) in [6, 6.07) is 15.0. The Bertz CT molecular complexity index is 749. The Balaban J connectivity index is 1.46. The molecule has 2 aromatic rings. The summed E-state index contributed by atoms with van der Waals surface area (Å²) in [5.74, 6) is 1.07. The largest absolute Gasteiger partial charge is 0.337 e. The third-order valence-corrected chi connectivity index (χ3v) is 5.76. The number of carbonyl (C=O) groups is 1. The van der Waals surface area contributed by atoms with Crippen LogP contribution in [0.25, 0.3) is 0 Å². The van der Waals surface area contributed by atoms with Gasteiger partial charge in [0.15, 0.2) is 0 Å². The van der Waals surface area contributed by atoms with Gasteiger partial charge >= 0.3 is 0 Å². The van der Waals surface area contributed by atoms with Crippen molar-refractivity contribution >= 4 is 5.91 Å². The summed E-state index contributed by atoms with van der Waals surface area (Å²) in [6.45, 7) is 4.00. The van der Waals surface area contributed by atoms with E-state index in [0.29, 0.717) is 12.6 Å². The van der Waals surface area contributed by atoms with Gasteiger partial charge in [0.2, 0.25) is 0 Å². The molecule has 2 aliphatic heterocycles. The minimum Gasteiger partial charge on any atom is -0.337 e. The normalized spacial score (nSPS) is 26.5. The van der Waals surface area contributed by atoms with Crippen LogP contribution in [0.3, 0.4) is 0 Å². The molecule has 3 heterocycles. The Morgan fingerprint density at radius 1 is 0.958 bits per heavy atom. The van der Waals surface area contributed by atoms with Crippen molar-refractivity contribution in [3.05, 3.63) is 59.9 Å². The highest BCUT2D eigenvalue weighted by Gasteiger charge is 2.45. The van der Waals surface area contributed by atoms with Gasteiger partial charge in [-0.1, -0.05) is 30.3 Å². The standard InChI is InChI=1S/C20H23N3O/c24-20-17-7-4-10-22(17)18-13-21(11-16-8-9-16)14-19(18)23(20)12-15-5-2-1-3-6-15/h1-7,10,16,18-19H,8-9,11-14H2/t18-,19+/m1/s1. The second kappa shape index (κ2) is 5.49. The van der Waals surface area contributed by atoms with E-state index in [-0.39, 0.29) is 11.9 Å². The van der Waals surface area contributed by atoms with Crippen LogP contribution in [0, 0.1) is 5.92 Å². The molecule has 0 bridgehead atoms. The number of amides is 1. The van der Waals surface area contributed by atoms with Crippen LogP contribution in [-0.2, 0) is 6.54 Å². The molecule has 3 aliphatic rings. The summed E-state index contributed by atoms with van der Waals surface area (Å²) in [7, 11) is 0. The zero-order valence-electron chi connectivity index (χ0n) is 13.8. The van der Waals surface area contributed by atoms with Gasteiger partial charge in [-0.15, -0.1) is 0 Å². The van der Waals surface area contributed by atoms with Gasteiger partial charge in [-0.2, -0.15) is 0 Å². The molecule has 1 saturated heterocycles. The number of nitrogens with zero attached hydrogens (tertiary/aromatic N) is 3. The number of rotatable bonds is 4. The first-order chi connectivity index (χ1) is 11.8. The number of fused-ring (bicyclic) bond motifs is 3. The minimum absolute atomic E-state index is 0.179. The third kappa shape index (κ3) is 2.37. The predicted octanol–water partition coefficient (Wildman–Crippen LogP) is 2.78. The van der Waals surface area contributed by atoms with Crippen molar-refractivity contribution in [1.82, 2.24) is 14.4 Å². The maximum atomic E-state index is 13.1. The lowest BCUT2D eigenvalue weighted by molar-refractivity contribution is 0.0557. The molecule has 0 unspecified atom stereocenters. The zero-order valence-corrected chi connectivity index (χ0v) is 13.8. The van der Waals surface area contributed by atoms with Crippen molar-refractivity contribution in [3.8, 4) is 0 Å². The van der Waals surface area contributed by atoms with E-state index in [1.165, 1.54) is 24.9 Å². The molecule has 5 rings (SSSR count). The van der Waals surface area contributed by atoms with E-state index in [9.17, 15) is 4.79 Å². The predicted molar refractivity (Wildman–Crippen MR) is 92.7 cm³/mol. The van der Waals surface area contributed by atoms with Crippen molar-refractivity contribution in [2.24, 2.45) is 5.92 Å². The molecular formula is C20H23N3O. The van der Waals surface area contributed by atoms with Crippen molar-refractivity contribution in [2.45, 2.75) is 31.5 Å². The molecule has 0 radical (unpaired) electrons. The van der Waals surface area contributed by atoms with Crippen LogP contribution < -0.4 is 0 Å². The number of hydrogen-bond acceptors (Lipinski definition) is 2. The van der Waals surface area contributed by atoms with Gasteiger partial charge in [-0.25, -0.2) is 0 Å². The molecule has 2 atom stereocenters. The number of hydrogen-bond donors (Lipinski definition) is 0. The van der Waals surface area contributed by atoms with Crippen molar-refractivity contribution in [3.63, 3.8) is 0 Å². The monoisotopic (exact) mass is 321 g/mol. The van der Waals surface area contributed by atoms with E-state index < -0.39 is 0 Å². The van der Waals surface area contributed by atoms with Gasteiger partial charge in [0.1, 0.15) is 5.69 Å². The van der Waals surface area contributed by atoms with Crippen LogP contribution in [0.4, 0.5) is 0 Å². The van der Waals surface area contributed by atoms with Crippen LogP contribution >= 0.6 is 0 Å². The van der Waals surface area contributed by atoms with Gasteiger partial charge in [0, 0.05) is 32.4 Å². The minimum atomic E-state index is 0.179. The highest BCUT2D eigenvalue weighted by molar-refractivity contribution is 5.94. The van der Waals surface area contributed by atoms with Gasteiger partial charge in [0.05, 0.1) is 12.1 Å². The first-order valence-electron chi connectivity index (χ1n) is 9.03. The lowest BCUT2D eigenvalue weighted by Crippen LogP contribution is -2.49. The Kier molecular flexibility index (Phi) is 3.27. The fourth-order valence-electron chi connectivity index (χ4n) is 4.37. The lowest BCUT2D eigenvalue weighted by Gasteiger charge is -2.38. The van der Waals surface area contributed by atoms with Crippen LogP contribution in [-0.4, -0.2) is 46.0 Å². The molecule has 4 heteroatoms. The molecular weight excluding hydrogens is 298 g/mol. The molecule has 2 fully saturated rings. The van der Waals surface area contributed by atoms with E-state index >= 15 is 0 Å². The fraction of sp³-hybridized carbons (Fsp3) is 0.450. The number of likely N-dealkylation sites (tertiary alicyclic amines) is 1. The first kappa shape index (κ1) is 14.3. The third-order valence-electron chi connectivity index (χ3n) is 5.76. The Labute approximate surface area is 142 Å². The zero-order chi connectivity index (χ0) is 16.1. The topological polar surface area (TPSA) is 28.5 Å². The van der Waals surface area contributed by atoms with E-state index in [4.69, 9.17) is 0 Å². The second-order valence-corrected chi connectivity index (χ2v) is 7.52. The number of benzene rings is 1. The van der Waals surface area contributed by atoms with Gasteiger partial charge < -0.3 is 9.47 Å². The molecule has 1 saturated carbocycles. The smallest absolute Gasteiger partial charge is 0.271 e. The molecule has 1 aromatic heterocycles. The average Bonchev–Trinajstić information content (AvgIpc) is 3.10. The Hall–Kier alpha value is -2.07. The van der Waals surface area contributed by atoms with Crippen molar-refractivity contribution in [2.75, 3.05) is 19.6 Å².